The van der Waals surface area contributed by atoms with Gasteiger partial charge in [-0.15, -0.1) is 6.42 Å². The van der Waals surface area contributed by atoms with E-state index in [1.165, 1.54) is 0 Å². The van der Waals surface area contributed by atoms with Gasteiger partial charge in [0.1, 0.15) is 30.5 Å². The van der Waals surface area contributed by atoms with E-state index in [9.17, 15) is 0 Å². The zero-order valence-electron chi connectivity index (χ0n) is 25.6. The lowest BCUT2D eigenvalue weighted by Gasteiger charge is -2.18. The highest BCUT2D eigenvalue weighted by Gasteiger charge is 2.21. The lowest BCUT2D eigenvalue weighted by molar-refractivity contribution is 0.201. The third kappa shape index (κ3) is 7.97. The second-order valence-electron chi connectivity index (χ2n) is 10.2. The molecule has 0 saturated heterocycles. The average molecular weight is 658 g/mol. The van der Waals surface area contributed by atoms with E-state index in [1.54, 1.807) is 24.4 Å². The highest BCUT2D eigenvalue weighted by molar-refractivity contribution is 6.39. The number of benzene rings is 3. The van der Waals surface area contributed by atoms with Gasteiger partial charge in [-0.3, -0.25) is 0 Å². The van der Waals surface area contributed by atoms with Crippen LogP contribution < -0.4 is 14.8 Å². The summed E-state index contributed by atoms with van der Waals surface area (Å²) in [5.74, 6) is 4.74. The summed E-state index contributed by atoms with van der Waals surface area (Å²) < 4.78 is 11.4. The van der Waals surface area contributed by atoms with E-state index in [1.807, 2.05) is 48.5 Å². The second-order valence-corrected chi connectivity index (χ2v) is 11.0. The van der Waals surface area contributed by atoms with Crippen molar-refractivity contribution in [1.82, 2.24) is 24.8 Å². The van der Waals surface area contributed by atoms with Crippen molar-refractivity contribution in [3.63, 3.8) is 0 Å². The normalized spacial score (nSPS) is 11.0. The van der Waals surface area contributed by atoms with Gasteiger partial charge in [0.05, 0.1) is 39.3 Å². The Morgan fingerprint density at radius 3 is 2.37 bits per heavy atom. The van der Waals surface area contributed by atoms with E-state index in [-0.39, 0.29) is 13.2 Å². The van der Waals surface area contributed by atoms with Crippen LogP contribution in [0.4, 0.5) is 11.6 Å². The monoisotopic (exact) mass is 656 g/mol. The molecule has 0 atom stereocenters. The van der Waals surface area contributed by atoms with Gasteiger partial charge >= 0.3 is 0 Å². The van der Waals surface area contributed by atoms with E-state index in [4.69, 9.17) is 54.2 Å². The molecule has 3 aromatic carbocycles. The summed E-state index contributed by atoms with van der Waals surface area (Å²) in [6, 6.07) is 20.3. The Balaban J connectivity index is 1.45. The van der Waals surface area contributed by atoms with Crippen molar-refractivity contribution in [1.29, 1.82) is 0 Å². The summed E-state index contributed by atoms with van der Waals surface area (Å²) in [6.45, 7) is 7.76. The lowest BCUT2D eigenvalue weighted by atomic mass is 10.1. The number of hydrogen-bond acceptors (Lipinski definition) is 8. The van der Waals surface area contributed by atoms with Gasteiger partial charge in [-0.25, -0.2) is 15.0 Å². The first-order valence-electron chi connectivity index (χ1n) is 14.9. The van der Waals surface area contributed by atoms with Gasteiger partial charge in [0, 0.05) is 29.6 Å². The third-order valence-electron chi connectivity index (χ3n) is 7.21. The topological polar surface area (TPSA) is 108 Å². The van der Waals surface area contributed by atoms with E-state index in [0.717, 1.165) is 36.6 Å². The highest BCUT2D eigenvalue weighted by Crippen LogP contribution is 2.40. The Bertz CT molecular complexity index is 1790. The second kappa shape index (κ2) is 15.6. The molecule has 0 aliphatic rings. The van der Waals surface area contributed by atoms with Crippen molar-refractivity contribution in [3.05, 3.63) is 88.5 Å². The van der Waals surface area contributed by atoms with Gasteiger partial charge in [0.25, 0.3) is 0 Å². The van der Waals surface area contributed by atoms with E-state index >= 15 is 0 Å². The SMILES string of the molecule is C#Cc1cccc(-c2nc(-c3c(Cl)cc(OCCO)cc3Cl)[nH]c2-c2ccnc(Nc3ccc(OCCN(CC)CC)cc3)n2)c1. The molecule has 11 heteroatoms. The minimum atomic E-state index is -0.134. The summed E-state index contributed by atoms with van der Waals surface area (Å²) in [4.78, 5) is 19.8. The molecule has 5 rings (SSSR count). The predicted octanol–water partition coefficient (Wildman–Crippen LogP) is 7.32. The fraction of sp³-hybridized carbons (Fsp3) is 0.229. The van der Waals surface area contributed by atoms with Gasteiger partial charge in [-0.1, -0.05) is 55.1 Å². The molecule has 9 nitrogen and oxygen atoms in total. The number of H-pyrrole nitrogens is 1. The number of terminal acetylenes is 1. The number of aliphatic hydroxyl groups is 1. The number of nitrogens with zero attached hydrogens (tertiary/aromatic N) is 4. The third-order valence-corrected chi connectivity index (χ3v) is 7.81. The zero-order chi connectivity index (χ0) is 32.5. The molecule has 3 N–H and O–H groups in total. The van der Waals surface area contributed by atoms with Crippen LogP contribution >= 0.6 is 23.2 Å². The van der Waals surface area contributed by atoms with Crippen LogP contribution in [0.5, 0.6) is 11.5 Å². The van der Waals surface area contributed by atoms with Crippen molar-refractivity contribution in [3.8, 4) is 57.9 Å². The van der Waals surface area contributed by atoms with Crippen LogP contribution in [0.1, 0.15) is 19.4 Å². The van der Waals surface area contributed by atoms with Gasteiger partial charge in [-0.05, 0) is 67.7 Å². The maximum Gasteiger partial charge on any atom is 0.227 e. The van der Waals surface area contributed by atoms with Crippen molar-refractivity contribution < 1.29 is 14.6 Å². The molecule has 0 saturated carbocycles. The van der Waals surface area contributed by atoms with Crippen molar-refractivity contribution in [2.45, 2.75) is 13.8 Å². The highest BCUT2D eigenvalue weighted by atomic mass is 35.5. The number of hydrogen-bond donors (Lipinski definition) is 3. The number of nitrogens with one attached hydrogen (secondary N) is 2. The summed E-state index contributed by atoms with van der Waals surface area (Å²) in [7, 11) is 0. The summed E-state index contributed by atoms with van der Waals surface area (Å²) in [5, 5.41) is 13.0. The number of ether oxygens (including phenoxy) is 2. The van der Waals surface area contributed by atoms with Gasteiger partial charge in [0.15, 0.2) is 0 Å². The van der Waals surface area contributed by atoms with Crippen LogP contribution in [0.25, 0.3) is 34.0 Å². The van der Waals surface area contributed by atoms with Crippen LogP contribution in [0.2, 0.25) is 10.0 Å². The first kappa shape index (κ1) is 32.8. The van der Waals surface area contributed by atoms with Crippen LogP contribution in [0, 0.1) is 12.3 Å². The molecule has 0 aliphatic heterocycles. The molecule has 0 unspecified atom stereocenters. The van der Waals surface area contributed by atoms with E-state index < -0.39 is 0 Å². The Hall–Kier alpha value is -4.59. The van der Waals surface area contributed by atoms with E-state index in [0.29, 0.717) is 62.4 Å². The number of halogens is 2. The Morgan fingerprint density at radius 2 is 1.67 bits per heavy atom. The molecule has 2 aromatic heterocycles. The fourth-order valence-corrected chi connectivity index (χ4v) is 5.47. The van der Waals surface area contributed by atoms with Crippen molar-refractivity contribution in [2.24, 2.45) is 0 Å². The molecule has 236 valence electrons. The van der Waals surface area contributed by atoms with Crippen LogP contribution in [0.15, 0.2) is 72.9 Å². The van der Waals surface area contributed by atoms with Crippen LogP contribution in [-0.4, -0.2) is 69.4 Å². The summed E-state index contributed by atoms with van der Waals surface area (Å²) >= 11 is 13.3. The van der Waals surface area contributed by atoms with Gasteiger partial charge in [-0.2, -0.15) is 0 Å². The fourth-order valence-electron chi connectivity index (χ4n) is 4.82. The number of anilines is 2. The van der Waals surface area contributed by atoms with Gasteiger partial charge in [0.2, 0.25) is 5.95 Å². The summed E-state index contributed by atoms with van der Waals surface area (Å²) in [6.07, 6.45) is 7.37. The standard InChI is InChI=1S/C35H34Cl2N6O3/c1-4-23-8-7-9-24(20-23)32-33(42-34(41-32)31-28(36)21-27(22-29(31)37)46-19-17-44)30-14-15-38-35(40-30)39-25-10-12-26(13-11-25)45-18-16-43(5-2)6-3/h1,7-15,20-22,44H,5-6,16-19H2,2-3H3,(H,41,42)(H,38,39,40). The molecule has 0 bridgehead atoms. The molecule has 0 amide bonds. The molecule has 46 heavy (non-hydrogen) atoms. The molecule has 0 radical (unpaired) electrons. The lowest BCUT2D eigenvalue weighted by Crippen LogP contribution is -2.27. The largest absolute Gasteiger partial charge is 0.492 e. The van der Waals surface area contributed by atoms with Crippen molar-refractivity contribution >= 4 is 34.8 Å². The summed E-state index contributed by atoms with van der Waals surface area (Å²) in [5.41, 5.74) is 4.61. The van der Waals surface area contributed by atoms with Crippen molar-refractivity contribution in [2.75, 3.05) is 44.8 Å². The molecule has 0 spiro atoms. The molecule has 0 aliphatic carbocycles. The molecule has 0 fully saturated rings. The first-order valence-corrected chi connectivity index (χ1v) is 15.6. The number of rotatable bonds is 14. The number of imidazole rings is 1. The van der Waals surface area contributed by atoms with Crippen LogP contribution in [0.3, 0.4) is 0 Å². The van der Waals surface area contributed by atoms with Gasteiger partial charge < -0.3 is 29.8 Å². The minimum Gasteiger partial charge on any atom is -0.492 e. The first-order chi connectivity index (χ1) is 22.4. The molecule has 5 aromatic rings. The Labute approximate surface area is 278 Å². The Kier molecular flexibility index (Phi) is 11.1. The van der Waals surface area contributed by atoms with Crippen LogP contribution in [-0.2, 0) is 0 Å². The van der Waals surface area contributed by atoms with E-state index in [2.05, 4.69) is 40.0 Å². The predicted molar refractivity (Wildman–Crippen MR) is 184 cm³/mol. The maximum atomic E-state index is 9.12. The minimum absolute atomic E-state index is 0.117. The molecular formula is C35H34Cl2N6O3. The molecule has 2 heterocycles. The maximum absolute atomic E-state index is 9.12. The number of aliphatic hydroxyl groups excluding tert-OH is 1. The number of aromatic amines is 1. The zero-order valence-corrected chi connectivity index (χ0v) is 27.1. The number of likely N-dealkylation sites (N-methyl/N-ethyl adjacent to an activating group) is 1. The Morgan fingerprint density at radius 1 is 0.935 bits per heavy atom. The molecular weight excluding hydrogens is 623 g/mol. The smallest absolute Gasteiger partial charge is 0.227 e. The average Bonchev–Trinajstić information content (AvgIpc) is 3.51. The quantitative estimate of drug-likeness (QED) is 0.107. The number of aromatic nitrogens is 4.